The van der Waals surface area contributed by atoms with Crippen LogP contribution in [0.3, 0.4) is 0 Å². The number of rotatable bonds is 9. The van der Waals surface area contributed by atoms with Gasteiger partial charge in [-0.05, 0) is 38.3 Å². The van der Waals surface area contributed by atoms with Gasteiger partial charge in [0.25, 0.3) is 5.91 Å². The van der Waals surface area contributed by atoms with E-state index in [0.717, 1.165) is 5.69 Å². The molecule has 0 radical (unpaired) electrons. The minimum absolute atomic E-state index is 0.0951. The van der Waals surface area contributed by atoms with Crippen molar-refractivity contribution in [3.63, 3.8) is 0 Å². The van der Waals surface area contributed by atoms with Crippen molar-refractivity contribution < 1.29 is 23.0 Å². The molecule has 3 N–H and O–H groups in total. The highest BCUT2D eigenvalue weighted by atomic mass is 32.2. The Labute approximate surface area is 188 Å². The van der Waals surface area contributed by atoms with Crippen LogP contribution in [0.1, 0.15) is 35.9 Å². The zero-order chi connectivity index (χ0) is 23.1. The van der Waals surface area contributed by atoms with Crippen molar-refractivity contribution in [2.75, 3.05) is 19.0 Å². The molecule has 12 heteroatoms. The lowest BCUT2D eigenvalue weighted by molar-refractivity contribution is -0.128. The van der Waals surface area contributed by atoms with E-state index in [2.05, 4.69) is 30.0 Å². The van der Waals surface area contributed by atoms with Crippen LogP contribution in [-0.4, -0.2) is 57.1 Å². The summed E-state index contributed by atoms with van der Waals surface area (Å²) in [6, 6.07) is 3.44. The first-order valence-corrected chi connectivity index (χ1v) is 10.7. The van der Waals surface area contributed by atoms with Gasteiger partial charge >= 0.3 is 6.61 Å². The van der Waals surface area contributed by atoms with Crippen molar-refractivity contribution >= 4 is 28.5 Å². The molecule has 1 amide bonds. The molecule has 0 aromatic carbocycles. The quantitative estimate of drug-likeness (QED) is 0.578. The fraction of sp³-hybridized carbons (Fsp3) is 0.450. The third kappa shape index (κ3) is 6.82. The van der Waals surface area contributed by atoms with E-state index >= 15 is 0 Å². The Kier molecular flexibility index (Phi) is 7.91. The van der Waals surface area contributed by atoms with Crippen LogP contribution in [0.2, 0.25) is 0 Å². The summed E-state index contributed by atoms with van der Waals surface area (Å²) in [4.78, 5) is 29.2. The number of ether oxygens (including phenoxy) is 2. The molecule has 0 saturated heterocycles. The number of carbonyl (C=O) groups is 1. The number of carbonyl (C=O) groups excluding carboxylic acids is 1. The number of alkyl halides is 2. The molecule has 0 saturated carbocycles. The number of pyridine rings is 1. The van der Waals surface area contributed by atoms with Crippen LogP contribution in [0.4, 0.5) is 14.5 Å². The van der Waals surface area contributed by atoms with Gasteiger partial charge in [0, 0.05) is 22.8 Å². The van der Waals surface area contributed by atoms with Crippen LogP contribution in [0.5, 0.6) is 5.88 Å². The van der Waals surface area contributed by atoms with E-state index < -0.39 is 18.1 Å². The number of amidine groups is 1. The van der Waals surface area contributed by atoms with Crippen molar-refractivity contribution in [3.05, 3.63) is 42.1 Å². The molecule has 2 aromatic rings. The van der Waals surface area contributed by atoms with E-state index in [0.29, 0.717) is 36.0 Å². The Bertz CT molecular complexity index is 963. The molecule has 32 heavy (non-hydrogen) atoms. The number of hydrogen-bond donors (Lipinski definition) is 2. The molecule has 0 unspecified atom stereocenters. The number of nitrogens with zero attached hydrogens (tertiary/aromatic N) is 4. The van der Waals surface area contributed by atoms with Crippen LogP contribution in [0.15, 0.2) is 35.7 Å². The van der Waals surface area contributed by atoms with Crippen LogP contribution in [0.25, 0.3) is 0 Å². The van der Waals surface area contributed by atoms with Gasteiger partial charge in [-0.25, -0.2) is 9.97 Å². The molecule has 2 atom stereocenters. The first-order valence-electron chi connectivity index (χ1n) is 9.80. The van der Waals surface area contributed by atoms with Gasteiger partial charge in [-0.1, -0.05) is 11.8 Å². The van der Waals surface area contributed by atoms with Gasteiger partial charge in [-0.3, -0.25) is 14.8 Å². The number of halogens is 2. The lowest BCUT2D eigenvalue weighted by atomic mass is 9.90. The Balaban J connectivity index is 1.60. The smallest absolute Gasteiger partial charge is 0.345 e. The van der Waals surface area contributed by atoms with Gasteiger partial charge in [0.2, 0.25) is 5.88 Å². The number of methoxy groups -OCH3 is 1. The number of nitrogens with two attached hydrogens (primary N) is 1. The number of aliphatic imine (C=N–C) groups is 1. The lowest BCUT2D eigenvalue weighted by Gasteiger charge is -2.34. The fourth-order valence-corrected chi connectivity index (χ4v) is 4.50. The second-order valence-corrected chi connectivity index (χ2v) is 8.74. The van der Waals surface area contributed by atoms with Crippen LogP contribution < -0.4 is 15.8 Å². The molecule has 0 fully saturated rings. The van der Waals surface area contributed by atoms with E-state index in [4.69, 9.17) is 10.5 Å². The van der Waals surface area contributed by atoms with Gasteiger partial charge in [0.15, 0.2) is 5.17 Å². The standard InChI is InChI=1S/C20H24F2N6O3S/c1-20(8-14(11-31-18(21)22)32-19(23)28-20)5-3-12-7-13(4-6-24-12)27-17(29)15-9-26-16(30-2)10-25-15/h4,6-7,9-10,14,18H,3,5,8,11H2,1-2H3,(H2,23,28)(H,24,27,29)/t14-,20+/m0/s1. The average Bonchev–Trinajstić information content (AvgIpc) is 2.76. The molecule has 2 aromatic heterocycles. The number of amides is 1. The zero-order valence-corrected chi connectivity index (χ0v) is 18.4. The summed E-state index contributed by atoms with van der Waals surface area (Å²) in [7, 11) is 1.46. The average molecular weight is 467 g/mol. The molecular formula is C20H24F2N6O3S. The second kappa shape index (κ2) is 10.6. The van der Waals surface area contributed by atoms with Crippen LogP contribution >= 0.6 is 11.8 Å². The lowest BCUT2D eigenvalue weighted by Crippen LogP contribution is -2.37. The predicted octanol–water partition coefficient (Wildman–Crippen LogP) is 2.88. The Morgan fingerprint density at radius 1 is 1.38 bits per heavy atom. The fourth-order valence-electron chi connectivity index (χ4n) is 3.30. The molecular weight excluding hydrogens is 442 g/mol. The summed E-state index contributed by atoms with van der Waals surface area (Å²) in [6.07, 6.45) is 6.01. The monoisotopic (exact) mass is 466 g/mol. The largest absolute Gasteiger partial charge is 0.480 e. The van der Waals surface area contributed by atoms with Crippen molar-refractivity contribution in [1.82, 2.24) is 15.0 Å². The molecule has 3 rings (SSSR count). The van der Waals surface area contributed by atoms with Gasteiger partial charge in [0.1, 0.15) is 5.69 Å². The molecule has 172 valence electrons. The first kappa shape index (κ1) is 23.8. The van der Waals surface area contributed by atoms with Crippen molar-refractivity contribution in [3.8, 4) is 5.88 Å². The SMILES string of the molecule is COc1cnc(C(=O)Nc2ccnc(CC[C@]3(C)C[C@@H](COC(F)F)SC(N)=N3)c2)cn1. The number of anilines is 1. The number of aryl methyl sites for hydroxylation is 1. The maximum atomic E-state index is 12.4. The summed E-state index contributed by atoms with van der Waals surface area (Å²) in [5, 5.41) is 2.92. The molecule has 0 bridgehead atoms. The minimum atomic E-state index is -2.81. The first-order chi connectivity index (χ1) is 15.3. The molecule has 0 spiro atoms. The van der Waals surface area contributed by atoms with Crippen molar-refractivity contribution in [2.24, 2.45) is 10.7 Å². The molecule has 0 aliphatic carbocycles. The summed E-state index contributed by atoms with van der Waals surface area (Å²) in [5.74, 6) is -0.0959. The van der Waals surface area contributed by atoms with Gasteiger partial charge in [-0.2, -0.15) is 8.78 Å². The van der Waals surface area contributed by atoms with E-state index in [1.165, 1.54) is 31.3 Å². The molecule has 1 aliphatic heterocycles. The maximum absolute atomic E-state index is 12.4. The third-order valence-corrected chi connectivity index (χ3v) is 5.78. The van der Waals surface area contributed by atoms with Crippen molar-refractivity contribution in [1.29, 1.82) is 0 Å². The molecule has 9 nitrogen and oxygen atoms in total. The third-order valence-electron chi connectivity index (χ3n) is 4.81. The van der Waals surface area contributed by atoms with Crippen LogP contribution in [-0.2, 0) is 11.2 Å². The minimum Gasteiger partial charge on any atom is -0.480 e. The summed E-state index contributed by atoms with van der Waals surface area (Å²) in [5.41, 5.74) is 6.86. The number of thioether (sulfide) groups is 1. The Morgan fingerprint density at radius 3 is 2.88 bits per heavy atom. The zero-order valence-electron chi connectivity index (χ0n) is 17.6. The summed E-state index contributed by atoms with van der Waals surface area (Å²) < 4.78 is 34.1. The summed E-state index contributed by atoms with van der Waals surface area (Å²) in [6.45, 7) is -0.974. The van der Waals surface area contributed by atoms with E-state index in [1.54, 1.807) is 18.3 Å². The summed E-state index contributed by atoms with van der Waals surface area (Å²) >= 11 is 1.25. The second-order valence-electron chi connectivity index (χ2n) is 7.42. The van der Waals surface area contributed by atoms with Gasteiger partial charge in [-0.15, -0.1) is 0 Å². The maximum Gasteiger partial charge on any atom is 0.345 e. The van der Waals surface area contributed by atoms with Crippen molar-refractivity contribution in [2.45, 2.75) is 43.6 Å². The van der Waals surface area contributed by atoms with Gasteiger partial charge < -0.3 is 20.5 Å². The molecule has 3 heterocycles. The Hall–Kier alpha value is -2.86. The van der Waals surface area contributed by atoms with E-state index in [1.807, 2.05) is 6.92 Å². The predicted molar refractivity (Wildman–Crippen MR) is 117 cm³/mol. The normalized spacial score (nSPS) is 20.7. The Morgan fingerprint density at radius 2 is 2.19 bits per heavy atom. The van der Waals surface area contributed by atoms with Gasteiger partial charge in [0.05, 0.1) is 31.6 Å². The highest BCUT2D eigenvalue weighted by Crippen LogP contribution is 2.35. The highest BCUT2D eigenvalue weighted by molar-refractivity contribution is 8.14. The number of nitrogens with one attached hydrogen (secondary N) is 1. The van der Waals surface area contributed by atoms with E-state index in [-0.39, 0.29) is 17.6 Å². The molecule has 1 aliphatic rings. The topological polar surface area (TPSA) is 125 Å². The number of hydrogen-bond acceptors (Lipinski definition) is 9. The van der Waals surface area contributed by atoms with E-state index in [9.17, 15) is 13.6 Å². The highest BCUT2D eigenvalue weighted by Gasteiger charge is 2.33. The van der Waals surface area contributed by atoms with Crippen LogP contribution in [0, 0.1) is 0 Å². The number of aromatic nitrogens is 3.